The Kier molecular flexibility index (Phi) is 5.80. The van der Waals surface area contributed by atoms with E-state index in [0.717, 1.165) is 17.4 Å². The van der Waals surface area contributed by atoms with Crippen LogP contribution >= 0.6 is 0 Å². The molecule has 0 aliphatic carbocycles. The van der Waals surface area contributed by atoms with Crippen LogP contribution < -0.4 is 21.3 Å². The average molecular weight is 474 g/mol. The van der Waals surface area contributed by atoms with Gasteiger partial charge >= 0.3 is 5.69 Å². The highest BCUT2D eigenvalue weighted by molar-refractivity contribution is 7.89. The smallest absolute Gasteiger partial charge is 0.332 e. The second-order valence-electron chi connectivity index (χ2n) is 7.73. The third kappa shape index (κ3) is 3.91. The van der Waals surface area contributed by atoms with Crippen molar-refractivity contribution in [3.8, 4) is 5.75 Å². The molecule has 11 nitrogen and oxygen atoms in total. The maximum Gasteiger partial charge on any atom is 0.332 e. The summed E-state index contributed by atoms with van der Waals surface area (Å²) in [6.07, 6.45) is 2.88. The Morgan fingerprint density at radius 3 is 2.45 bits per heavy atom. The van der Waals surface area contributed by atoms with Crippen LogP contribution in [0.1, 0.15) is 23.2 Å². The number of benzene rings is 1. The number of nitrogens with zero attached hydrogens (tertiary/aromatic N) is 4. The van der Waals surface area contributed by atoms with Gasteiger partial charge < -0.3 is 10.1 Å². The van der Waals surface area contributed by atoms with E-state index in [0.29, 0.717) is 13.1 Å². The predicted octanol–water partition coefficient (Wildman–Crippen LogP) is 0.678. The number of methoxy groups -OCH3 is 1. The third-order valence-electron chi connectivity index (χ3n) is 5.66. The quantitative estimate of drug-likeness (QED) is 0.576. The fourth-order valence-corrected chi connectivity index (χ4v) is 5.52. The molecule has 174 valence electrons. The Bertz CT molecular complexity index is 1490. The lowest BCUT2D eigenvalue weighted by molar-refractivity contribution is 0.102. The van der Waals surface area contributed by atoms with Gasteiger partial charge in [-0.05, 0) is 37.1 Å². The molecule has 33 heavy (non-hydrogen) atoms. The van der Waals surface area contributed by atoms with Gasteiger partial charge in [0.1, 0.15) is 16.3 Å². The monoisotopic (exact) mass is 473 g/mol. The summed E-state index contributed by atoms with van der Waals surface area (Å²) < 4.78 is 34.9. The lowest BCUT2D eigenvalue weighted by Gasteiger charge is -2.18. The van der Waals surface area contributed by atoms with Crippen molar-refractivity contribution in [1.29, 1.82) is 0 Å². The van der Waals surface area contributed by atoms with E-state index >= 15 is 0 Å². The number of sulfonamides is 1. The zero-order valence-corrected chi connectivity index (χ0v) is 19.2. The number of aromatic nitrogens is 3. The van der Waals surface area contributed by atoms with Crippen LogP contribution in [0.3, 0.4) is 0 Å². The molecule has 1 saturated heterocycles. The van der Waals surface area contributed by atoms with Crippen LogP contribution in [-0.2, 0) is 24.1 Å². The summed E-state index contributed by atoms with van der Waals surface area (Å²) in [5.41, 5.74) is -0.545. The van der Waals surface area contributed by atoms with Gasteiger partial charge in [-0.2, -0.15) is 4.31 Å². The standard InChI is InChI=1S/C21H23N5O6S/c1-24-18-15(20(28)25(2)21(24)29)11-14(12-22-18)23-19(27)13-6-7-16(32-3)17(10-13)33(30,31)26-8-4-5-9-26/h6-7,10-12H,4-5,8-9H2,1-3H3,(H,23,27). The van der Waals surface area contributed by atoms with Gasteiger partial charge in [-0.3, -0.25) is 18.7 Å². The molecule has 3 aromatic rings. The molecule has 1 aliphatic rings. The number of hydrogen-bond acceptors (Lipinski definition) is 7. The Balaban J connectivity index is 1.70. The fourth-order valence-electron chi connectivity index (χ4n) is 3.82. The maximum atomic E-state index is 13.1. The van der Waals surface area contributed by atoms with Crippen molar-refractivity contribution < 1.29 is 17.9 Å². The normalized spacial score (nSPS) is 14.5. The summed E-state index contributed by atoms with van der Waals surface area (Å²) in [5, 5.41) is 2.79. The number of aryl methyl sites for hydroxylation is 1. The number of carbonyl (C=O) groups is 1. The van der Waals surface area contributed by atoms with Gasteiger partial charge in [0, 0.05) is 32.7 Å². The van der Waals surface area contributed by atoms with Gasteiger partial charge in [0.15, 0.2) is 0 Å². The zero-order valence-electron chi connectivity index (χ0n) is 18.4. The molecule has 1 aromatic carbocycles. The first kappa shape index (κ1) is 22.7. The van der Waals surface area contributed by atoms with Crippen LogP contribution in [0.5, 0.6) is 5.75 Å². The summed E-state index contributed by atoms with van der Waals surface area (Å²) in [5.74, 6) is -0.437. The molecule has 3 heterocycles. The number of ether oxygens (including phenoxy) is 1. The third-order valence-corrected chi connectivity index (χ3v) is 7.58. The SMILES string of the molecule is COc1ccc(C(=O)Nc2cnc3c(c2)c(=O)n(C)c(=O)n3C)cc1S(=O)(=O)N1CCCC1. The van der Waals surface area contributed by atoms with E-state index in [1.165, 1.54) is 60.5 Å². The summed E-state index contributed by atoms with van der Waals surface area (Å²) in [6.45, 7) is 0.838. The first-order valence-corrected chi connectivity index (χ1v) is 11.6. The average Bonchev–Trinajstić information content (AvgIpc) is 3.37. The van der Waals surface area contributed by atoms with Gasteiger partial charge in [0.25, 0.3) is 11.5 Å². The van der Waals surface area contributed by atoms with E-state index in [1.54, 1.807) is 0 Å². The summed E-state index contributed by atoms with van der Waals surface area (Å²) in [6, 6.07) is 5.59. The van der Waals surface area contributed by atoms with Gasteiger partial charge in [-0.25, -0.2) is 18.2 Å². The lowest BCUT2D eigenvalue weighted by Crippen LogP contribution is -2.37. The molecule has 4 rings (SSSR count). The van der Waals surface area contributed by atoms with E-state index in [4.69, 9.17) is 4.74 Å². The van der Waals surface area contributed by atoms with Crippen LogP contribution in [0.4, 0.5) is 5.69 Å². The molecule has 0 bridgehead atoms. The largest absolute Gasteiger partial charge is 0.495 e. The van der Waals surface area contributed by atoms with Crippen LogP contribution in [0.15, 0.2) is 44.9 Å². The van der Waals surface area contributed by atoms with Crippen LogP contribution in [-0.4, -0.2) is 52.9 Å². The highest BCUT2D eigenvalue weighted by Crippen LogP contribution is 2.30. The molecule has 1 N–H and O–H groups in total. The second kappa shape index (κ2) is 8.45. The molecule has 1 amide bonds. The number of hydrogen-bond donors (Lipinski definition) is 1. The van der Waals surface area contributed by atoms with E-state index in [1.807, 2.05) is 0 Å². The first-order chi connectivity index (χ1) is 15.6. The molecular formula is C21H23N5O6S. The topological polar surface area (TPSA) is 133 Å². The molecule has 1 aliphatic heterocycles. The van der Waals surface area contributed by atoms with Crippen molar-refractivity contribution in [3.63, 3.8) is 0 Å². The summed E-state index contributed by atoms with van der Waals surface area (Å²) in [7, 11) is 0.400. The summed E-state index contributed by atoms with van der Waals surface area (Å²) >= 11 is 0. The minimum atomic E-state index is -3.82. The molecule has 0 saturated carbocycles. The number of rotatable bonds is 5. The van der Waals surface area contributed by atoms with E-state index in [9.17, 15) is 22.8 Å². The molecule has 2 aromatic heterocycles. The van der Waals surface area contributed by atoms with E-state index < -0.39 is 27.2 Å². The highest BCUT2D eigenvalue weighted by atomic mass is 32.2. The molecule has 0 unspecified atom stereocenters. The second-order valence-corrected chi connectivity index (χ2v) is 9.64. The van der Waals surface area contributed by atoms with Gasteiger partial charge in [-0.1, -0.05) is 0 Å². The Morgan fingerprint density at radius 2 is 1.79 bits per heavy atom. The maximum absolute atomic E-state index is 13.1. The van der Waals surface area contributed by atoms with Gasteiger partial charge in [-0.15, -0.1) is 0 Å². The van der Waals surface area contributed by atoms with Crippen molar-refractivity contribution in [2.24, 2.45) is 14.1 Å². The first-order valence-electron chi connectivity index (χ1n) is 10.2. The van der Waals surface area contributed by atoms with Crippen molar-refractivity contribution in [1.82, 2.24) is 18.4 Å². The number of nitrogens with one attached hydrogen (secondary N) is 1. The van der Waals surface area contributed by atoms with E-state index in [2.05, 4.69) is 10.3 Å². The van der Waals surface area contributed by atoms with Gasteiger partial charge in [0.05, 0.1) is 24.4 Å². The molecule has 0 radical (unpaired) electrons. The number of amides is 1. The molecular weight excluding hydrogens is 450 g/mol. The summed E-state index contributed by atoms with van der Waals surface area (Å²) in [4.78, 5) is 41.5. The minimum absolute atomic E-state index is 0.0833. The lowest BCUT2D eigenvalue weighted by atomic mass is 10.2. The predicted molar refractivity (Wildman–Crippen MR) is 121 cm³/mol. The number of fused-ring (bicyclic) bond motifs is 1. The molecule has 0 atom stereocenters. The molecule has 1 fully saturated rings. The van der Waals surface area contributed by atoms with Crippen LogP contribution in [0.2, 0.25) is 0 Å². The Hall–Kier alpha value is -3.51. The number of carbonyl (C=O) groups excluding carboxylic acids is 1. The molecule has 0 spiro atoms. The van der Waals surface area contributed by atoms with Crippen molar-refractivity contribution in [2.75, 3.05) is 25.5 Å². The minimum Gasteiger partial charge on any atom is -0.495 e. The Morgan fingerprint density at radius 1 is 1.09 bits per heavy atom. The van der Waals surface area contributed by atoms with Crippen molar-refractivity contribution >= 4 is 32.7 Å². The molecule has 12 heteroatoms. The fraction of sp³-hybridized carbons (Fsp3) is 0.333. The van der Waals surface area contributed by atoms with E-state index in [-0.39, 0.29) is 32.9 Å². The van der Waals surface area contributed by atoms with Crippen LogP contribution in [0.25, 0.3) is 11.0 Å². The number of anilines is 1. The van der Waals surface area contributed by atoms with Crippen molar-refractivity contribution in [2.45, 2.75) is 17.7 Å². The van der Waals surface area contributed by atoms with Gasteiger partial charge in [0.2, 0.25) is 10.0 Å². The highest BCUT2D eigenvalue weighted by Gasteiger charge is 2.30. The van der Waals surface area contributed by atoms with Crippen LogP contribution in [0, 0.1) is 0 Å². The van der Waals surface area contributed by atoms with Crippen molar-refractivity contribution in [3.05, 3.63) is 56.9 Å². The number of pyridine rings is 1. The zero-order chi connectivity index (χ0) is 23.9. The Labute approximate surface area is 189 Å².